The van der Waals surface area contributed by atoms with Crippen LogP contribution in [-0.4, -0.2) is 51.3 Å². The summed E-state index contributed by atoms with van der Waals surface area (Å²) in [6, 6.07) is 15.6. The van der Waals surface area contributed by atoms with Gasteiger partial charge in [0.1, 0.15) is 6.04 Å². The largest absolute Gasteiger partial charge is 0.480 e. The Hall–Kier alpha value is -2.41. The lowest BCUT2D eigenvalue weighted by Crippen LogP contribution is -2.70. The Kier molecular flexibility index (Phi) is 6.57. The molecule has 0 aromatic heterocycles. The number of rotatable bonds is 8. The number of amides is 1. The van der Waals surface area contributed by atoms with Crippen LogP contribution in [0.15, 0.2) is 54.6 Å². The van der Waals surface area contributed by atoms with Gasteiger partial charge in [0, 0.05) is 11.1 Å². The van der Waals surface area contributed by atoms with Gasteiger partial charge in [0.25, 0.3) is 0 Å². The fraction of sp³-hybridized carbons (Fsp3) is 0.364. The van der Waals surface area contributed by atoms with Crippen molar-refractivity contribution in [1.82, 2.24) is 9.80 Å². The molecule has 1 heterocycles. The predicted molar refractivity (Wildman–Crippen MR) is 110 cm³/mol. The molecule has 2 N–H and O–H groups in total. The number of aryl methyl sites for hydroxylation is 1. The highest BCUT2D eigenvalue weighted by atomic mass is 35.5. The summed E-state index contributed by atoms with van der Waals surface area (Å²) >= 11 is 5.99. The minimum atomic E-state index is -1.32. The van der Waals surface area contributed by atoms with E-state index in [0.717, 1.165) is 16.0 Å². The van der Waals surface area contributed by atoms with Gasteiger partial charge in [-0.05, 0) is 50.1 Å². The maximum atomic E-state index is 12.7. The van der Waals surface area contributed by atoms with Crippen LogP contribution >= 0.6 is 11.6 Å². The van der Waals surface area contributed by atoms with Crippen molar-refractivity contribution >= 4 is 23.5 Å². The van der Waals surface area contributed by atoms with E-state index in [4.69, 9.17) is 11.6 Å². The number of hydrogen-bond acceptors (Lipinski definition) is 4. The van der Waals surface area contributed by atoms with E-state index in [1.165, 1.54) is 0 Å². The van der Waals surface area contributed by atoms with Crippen LogP contribution in [0.1, 0.15) is 30.5 Å². The molecule has 1 aliphatic heterocycles. The zero-order valence-electron chi connectivity index (χ0n) is 16.4. The number of benzene rings is 2. The number of carbonyl (C=O) groups is 2. The van der Waals surface area contributed by atoms with Gasteiger partial charge in [-0.3, -0.25) is 14.6 Å². The average Bonchev–Trinajstić information content (AvgIpc) is 2.71. The van der Waals surface area contributed by atoms with Crippen LogP contribution in [0.25, 0.3) is 0 Å². The molecule has 154 valence electrons. The molecule has 0 aliphatic carbocycles. The fourth-order valence-electron chi connectivity index (χ4n) is 3.78. The summed E-state index contributed by atoms with van der Waals surface area (Å²) in [5.74, 6) is -2.12. The van der Waals surface area contributed by atoms with Crippen molar-refractivity contribution in [3.05, 3.63) is 70.7 Å². The molecule has 0 saturated carbocycles. The molecule has 7 heteroatoms. The summed E-state index contributed by atoms with van der Waals surface area (Å²) in [5.41, 5.74) is 1.91. The zero-order valence-corrected chi connectivity index (χ0v) is 17.2. The van der Waals surface area contributed by atoms with Crippen LogP contribution in [0, 0.1) is 5.92 Å². The van der Waals surface area contributed by atoms with E-state index in [1.807, 2.05) is 55.5 Å². The Labute approximate surface area is 175 Å². The highest BCUT2D eigenvalue weighted by Gasteiger charge is 2.54. The topological polar surface area (TPSA) is 81.1 Å². The molecule has 6 nitrogen and oxygen atoms in total. The highest BCUT2D eigenvalue weighted by molar-refractivity contribution is 6.30. The predicted octanol–water partition coefficient (Wildman–Crippen LogP) is 3.15. The highest BCUT2D eigenvalue weighted by Crippen LogP contribution is 2.35. The summed E-state index contributed by atoms with van der Waals surface area (Å²) in [6.45, 7) is 1.90. The standard InChI is InChI=1S/C22H25ClN2O4/c1-14(16-8-4-3-5-9-16)24(2)22(29)25-19(21(27)28)18(20(25)26)12-11-15-7-6-10-17(23)13-15/h3-10,13-14,18-19,22,29H,11-12H2,1-2H3,(H,27,28)/t14?,18-,19?,22?/m1/s1. The second kappa shape index (κ2) is 8.95. The van der Waals surface area contributed by atoms with Gasteiger partial charge in [0.15, 0.2) is 6.35 Å². The summed E-state index contributed by atoms with van der Waals surface area (Å²) in [4.78, 5) is 27.2. The summed E-state index contributed by atoms with van der Waals surface area (Å²) in [7, 11) is 1.67. The minimum Gasteiger partial charge on any atom is -0.480 e. The molecule has 0 radical (unpaired) electrons. The van der Waals surface area contributed by atoms with Gasteiger partial charge in [-0.25, -0.2) is 4.79 Å². The van der Waals surface area contributed by atoms with Crippen LogP contribution in [0.5, 0.6) is 0 Å². The number of carbonyl (C=O) groups excluding carboxylic acids is 1. The van der Waals surface area contributed by atoms with Crippen LogP contribution in [0.4, 0.5) is 0 Å². The number of β-lactam (4-membered cyclic amide) rings is 1. The Morgan fingerprint density at radius 3 is 2.52 bits per heavy atom. The SMILES string of the molecule is CC(c1ccccc1)N(C)C(O)N1C(=O)[C@H](CCc2cccc(Cl)c2)C1C(=O)O. The summed E-state index contributed by atoms with van der Waals surface area (Å²) in [5, 5.41) is 21.0. The third-order valence-electron chi connectivity index (χ3n) is 5.64. The van der Waals surface area contributed by atoms with Crippen molar-refractivity contribution in [3.63, 3.8) is 0 Å². The third kappa shape index (κ3) is 4.45. The number of carboxylic acid groups (broad SMARTS) is 1. The Bertz CT molecular complexity index is 876. The Balaban J connectivity index is 1.69. The van der Waals surface area contributed by atoms with Gasteiger partial charge in [-0.15, -0.1) is 0 Å². The molecule has 4 atom stereocenters. The number of hydrogen-bond donors (Lipinski definition) is 2. The number of nitrogens with zero attached hydrogens (tertiary/aromatic N) is 2. The zero-order chi connectivity index (χ0) is 21.1. The van der Waals surface area contributed by atoms with Gasteiger partial charge in [0.05, 0.1) is 5.92 Å². The molecular weight excluding hydrogens is 392 g/mol. The molecule has 2 aromatic carbocycles. The van der Waals surface area contributed by atoms with Crippen molar-refractivity contribution in [2.24, 2.45) is 5.92 Å². The van der Waals surface area contributed by atoms with Gasteiger partial charge in [-0.2, -0.15) is 0 Å². The molecule has 3 rings (SSSR count). The van der Waals surface area contributed by atoms with E-state index in [2.05, 4.69) is 0 Å². The number of likely N-dealkylation sites (tertiary alicyclic amines) is 1. The molecule has 1 saturated heterocycles. The molecule has 0 bridgehead atoms. The number of aliphatic hydroxyl groups excluding tert-OH is 1. The van der Waals surface area contributed by atoms with E-state index < -0.39 is 24.3 Å². The first-order valence-electron chi connectivity index (χ1n) is 9.55. The van der Waals surface area contributed by atoms with Crippen LogP contribution < -0.4 is 0 Å². The molecule has 1 fully saturated rings. The van der Waals surface area contributed by atoms with Crippen molar-refractivity contribution in [3.8, 4) is 0 Å². The number of aliphatic carboxylic acids is 1. The normalized spacial score (nSPS) is 21.0. The lowest BCUT2D eigenvalue weighted by atomic mass is 9.82. The Morgan fingerprint density at radius 2 is 1.90 bits per heavy atom. The molecule has 0 spiro atoms. The van der Waals surface area contributed by atoms with Crippen molar-refractivity contribution in [1.29, 1.82) is 0 Å². The number of aliphatic hydroxyl groups is 1. The van der Waals surface area contributed by atoms with E-state index in [1.54, 1.807) is 18.0 Å². The first kappa shape index (κ1) is 21.3. The summed E-state index contributed by atoms with van der Waals surface area (Å²) in [6.07, 6.45) is -0.389. The second-order valence-corrected chi connectivity index (χ2v) is 7.84. The van der Waals surface area contributed by atoms with E-state index >= 15 is 0 Å². The van der Waals surface area contributed by atoms with Gasteiger partial charge < -0.3 is 10.2 Å². The van der Waals surface area contributed by atoms with E-state index in [9.17, 15) is 19.8 Å². The molecule has 3 unspecified atom stereocenters. The van der Waals surface area contributed by atoms with Crippen LogP contribution in [0.3, 0.4) is 0 Å². The number of halogens is 1. The van der Waals surface area contributed by atoms with E-state index in [0.29, 0.717) is 17.9 Å². The first-order chi connectivity index (χ1) is 13.8. The molecular formula is C22H25ClN2O4. The van der Waals surface area contributed by atoms with Crippen LogP contribution in [-0.2, 0) is 16.0 Å². The number of carboxylic acids is 1. The monoisotopic (exact) mass is 416 g/mol. The first-order valence-corrected chi connectivity index (χ1v) is 9.93. The maximum absolute atomic E-state index is 12.7. The van der Waals surface area contributed by atoms with E-state index in [-0.39, 0.29) is 11.9 Å². The second-order valence-electron chi connectivity index (χ2n) is 7.40. The van der Waals surface area contributed by atoms with Gasteiger partial charge in [0.2, 0.25) is 5.91 Å². The lowest BCUT2D eigenvalue weighted by molar-refractivity contribution is -0.208. The van der Waals surface area contributed by atoms with Crippen molar-refractivity contribution in [2.75, 3.05) is 7.05 Å². The average molecular weight is 417 g/mol. The van der Waals surface area contributed by atoms with Crippen molar-refractivity contribution in [2.45, 2.75) is 38.2 Å². The van der Waals surface area contributed by atoms with Crippen molar-refractivity contribution < 1.29 is 19.8 Å². The molecule has 1 amide bonds. The lowest BCUT2D eigenvalue weighted by Gasteiger charge is -2.49. The smallest absolute Gasteiger partial charge is 0.327 e. The third-order valence-corrected chi connectivity index (χ3v) is 5.88. The van der Waals surface area contributed by atoms with Gasteiger partial charge >= 0.3 is 5.97 Å². The molecule has 2 aromatic rings. The summed E-state index contributed by atoms with van der Waals surface area (Å²) < 4.78 is 0. The molecule has 1 aliphatic rings. The molecule has 29 heavy (non-hydrogen) atoms. The van der Waals surface area contributed by atoms with Gasteiger partial charge in [-0.1, -0.05) is 54.1 Å². The maximum Gasteiger partial charge on any atom is 0.327 e. The quantitative estimate of drug-likeness (QED) is 0.510. The Morgan fingerprint density at radius 1 is 1.21 bits per heavy atom. The fourth-order valence-corrected chi connectivity index (χ4v) is 4.00. The van der Waals surface area contributed by atoms with Crippen LogP contribution in [0.2, 0.25) is 5.02 Å². The minimum absolute atomic E-state index is 0.195.